The normalized spacial score (nSPS) is 15.6. The van der Waals surface area contributed by atoms with Crippen molar-refractivity contribution in [1.82, 2.24) is 0 Å². The van der Waals surface area contributed by atoms with Crippen LogP contribution in [0, 0.1) is 6.92 Å². The molecule has 0 heterocycles. The van der Waals surface area contributed by atoms with E-state index in [4.69, 9.17) is 4.74 Å². The van der Waals surface area contributed by atoms with E-state index in [0.29, 0.717) is 11.7 Å². The Morgan fingerprint density at radius 1 is 1.50 bits per heavy atom. The third-order valence-corrected chi connectivity index (χ3v) is 2.56. The number of hydrogen-bond donors (Lipinski definition) is 1. The van der Waals surface area contributed by atoms with E-state index >= 15 is 0 Å². The molecule has 0 aliphatic heterocycles. The minimum Gasteiger partial charge on any atom is -0.508 e. The van der Waals surface area contributed by atoms with Crippen molar-refractivity contribution in [1.29, 1.82) is 0 Å². The second-order valence-electron chi connectivity index (χ2n) is 3.70. The Hall–Kier alpha value is -1.25. The van der Waals surface area contributed by atoms with E-state index in [0.717, 1.165) is 24.0 Å². The van der Waals surface area contributed by atoms with Crippen LogP contribution in [0.4, 0.5) is 4.39 Å². The SMILES string of the molecule is Cc1cc(OCF)c(C2CC2)cc1O. The number of halogens is 1. The highest BCUT2D eigenvalue weighted by Gasteiger charge is 2.27. The summed E-state index contributed by atoms with van der Waals surface area (Å²) in [6, 6.07) is 3.39. The van der Waals surface area contributed by atoms with Gasteiger partial charge in [0.05, 0.1) is 0 Å². The van der Waals surface area contributed by atoms with Crippen LogP contribution in [0.3, 0.4) is 0 Å². The van der Waals surface area contributed by atoms with E-state index in [1.807, 2.05) is 0 Å². The molecule has 2 nitrogen and oxygen atoms in total. The largest absolute Gasteiger partial charge is 0.508 e. The molecule has 0 atom stereocenters. The number of rotatable bonds is 3. The van der Waals surface area contributed by atoms with Gasteiger partial charge in [-0.3, -0.25) is 0 Å². The predicted molar refractivity (Wildman–Crippen MR) is 51.4 cm³/mol. The molecule has 3 heteroatoms. The first-order chi connectivity index (χ1) is 6.72. The van der Waals surface area contributed by atoms with Crippen LogP contribution in [-0.4, -0.2) is 12.0 Å². The molecule has 1 saturated carbocycles. The van der Waals surface area contributed by atoms with Crippen LogP contribution < -0.4 is 4.74 Å². The third kappa shape index (κ3) is 1.67. The summed E-state index contributed by atoms with van der Waals surface area (Å²) in [4.78, 5) is 0. The van der Waals surface area contributed by atoms with E-state index in [-0.39, 0.29) is 5.75 Å². The van der Waals surface area contributed by atoms with Gasteiger partial charge in [-0.1, -0.05) is 0 Å². The Bertz CT molecular complexity index is 345. The first-order valence-corrected chi connectivity index (χ1v) is 4.74. The number of phenolic OH excluding ortho intramolecular Hbond substituents is 1. The quantitative estimate of drug-likeness (QED) is 0.805. The van der Waals surface area contributed by atoms with Gasteiger partial charge in [-0.15, -0.1) is 0 Å². The summed E-state index contributed by atoms with van der Waals surface area (Å²) in [6.07, 6.45) is 2.20. The number of hydrogen-bond acceptors (Lipinski definition) is 2. The van der Waals surface area contributed by atoms with Crippen LogP contribution in [-0.2, 0) is 0 Å². The van der Waals surface area contributed by atoms with Gasteiger partial charge in [-0.25, -0.2) is 4.39 Å². The standard InChI is InChI=1S/C11H13FO2/c1-7-4-11(14-6-12)9(5-10(7)13)8-2-3-8/h4-5,8,13H,2-3,6H2,1H3. The molecule has 0 bridgehead atoms. The fourth-order valence-electron chi connectivity index (χ4n) is 1.58. The zero-order chi connectivity index (χ0) is 10.1. The summed E-state index contributed by atoms with van der Waals surface area (Å²) in [6.45, 7) is 0.959. The Morgan fingerprint density at radius 2 is 2.21 bits per heavy atom. The smallest absolute Gasteiger partial charge is 0.228 e. The molecule has 76 valence electrons. The maximum absolute atomic E-state index is 12.1. The van der Waals surface area contributed by atoms with Crippen LogP contribution in [0.5, 0.6) is 11.5 Å². The molecule has 1 aliphatic carbocycles. The van der Waals surface area contributed by atoms with Gasteiger partial charge in [-0.05, 0) is 43.4 Å². The fraction of sp³-hybridized carbons (Fsp3) is 0.455. The van der Waals surface area contributed by atoms with Gasteiger partial charge in [0.15, 0.2) is 0 Å². The second kappa shape index (κ2) is 3.48. The summed E-state index contributed by atoms with van der Waals surface area (Å²) < 4.78 is 17.0. The van der Waals surface area contributed by atoms with Gasteiger partial charge in [0.2, 0.25) is 6.86 Å². The van der Waals surface area contributed by atoms with Crippen LogP contribution in [0.1, 0.15) is 29.9 Å². The number of aromatic hydroxyl groups is 1. The van der Waals surface area contributed by atoms with Gasteiger partial charge in [0.25, 0.3) is 0 Å². The van der Waals surface area contributed by atoms with Crippen LogP contribution in [0.25, 0.3) is 0 Å². The van der Waals surface area contributed by atoms with E-state index in [1.165, 1.54) is 0 Å². The lowest BCUT2D eigenvalue weighted by Crippen LogP contribution is -1.95. The molecular formula is C11H13FO2. The lowest BCUT2D eigenvalue weighted by molar-refractivity contribution is 0.190. The Labute approximate surface area is 82.3 Å². The molecule has 1 aliphatic rings. The zero-order valence-electron chi connectivity index (χ0n) is 8.09. The molecule has 2 rings (SSSR count). The highest BCUT2D eigenvalue weighted by atomic mass is 19.1. The van der Waals surface area contributed by atoms with Crippen molar-refractivity contribution < 1.29 is 14.2 Å². The molecular weight excluding hydrogens is 183 g/mol. The molecule has 1 aromatic rings. The Morgan fingerprint density at radius 3 is 2.79 bits per heavy atom. The topological polar surface area (TPSA) is 29.5 Å². The van der Waals surface area contributed by atoms with Crippen LogP contribution in [0.15, 0.2) is 12.1 Å². The van der Waals surface area contributed by atoms with Gasteiger partial charge in [0, 0.05) is 5.56 Å². The van der Waals surface area contributed by atoms with Gasteiger partial charge < -0.3 is 9.84 Å². The number of benzene rings is 1. The molecule has 1 N–H and O–H groups in total. The lowest BCUT2D eigenvalue weighted by atomic mass is 10.1. The number of aryl methyl sites for hydroxylation is 1. The summed E-state index contributed by atoms with van der Waals surface area (Å²) in [5.41, 5.74) is 1.66. The van der Waals surface area contributed by atoms with E-state index in [2.05, 4.69) is 0 Å². The van der Waals surface area contributed by atoms with Crippen molar-refractivity contribution in [2.45, 2.75) is 25.7 Å². The average Bonchev–Trinajstić information content (AvgIpc) is 2.94. The Balaban J connectivity index is 2.38. The molecule has 0 amide bonds. The predicted octanol–water partition coefficient (Wildman–Crippen LogP) is 2.88. The maximum Gasteiger partial charge on any atom is 0.228 e. The zero-order valence-corrected chi connectivity index (χ0v) is 8.09. The minimum atomic E-state index is -0.816. The van der Waals surface area contributed by atoms with Crippen LogP contribution >= 0.6 is 0 Å². The monoisotopic (exact) mass is 196 g/mol. The molecule has 14 heavy (non-hydrogen) atoms. The molecule has 1 fully saturated rings. The number of phenols is 1. The van der Waals surface area contributed by atoms with Crippen molar-refractivity contribution in [3.63, 3.8) is 0 Å². The van der Waals surface area contributed by atoms with Gasteiger partial charge >= 0.3 is 0 Å². The van der Waals surface area contributed by atoms with E-state index < -0.39 is 6.86 Å². The summed E-state index contributed by atoms with van der Waals surface area (Å²) in [5.74, 6) is 1.28. The second-order valence-corrected chi connectivity index (χ2v) is 3.70. The Kier molecular flexibility index (Phi) is 2.32. The van der Waals surface area contributed by atoms with Crippen molar-refractivity contribution in [3.05, 3.63) is 23.3 Å². The van der Waals surface area contributed by atoms with Crippen molar-refractivity contribution >= 4 is 0 Å². The van der Waals surface area contributed by atoms with E-state index in [9.17, 15) is 9.50 Å². The maximum atomic E-state index is 12.1. The van der Waals surface area contributed by atoms with Crippen molar-refractivity contribution in [2.24, 2.45) is 0 Å². The lowest BCUT2D eigenvalue weighted by Gasteiger charge is -2.10. The average molecular weight is 196 g/mol. The highest BCUT2D eigenvalue weighted by Crippen LogP contribution is 2.46. The molecule has 1 aromatic carbocycles. The molecule has 0 spiro atoms. The summed E-state index contributed by atoms with van der Waals surface area (Å²) >= 11 is 0. The first-order valence-electron chi connectivity index (χ1n) is 4.74. The molecule has 0 aromatic heterocycles. The number of ether oxygens (including phenoxy) is 1. The third-order valence-electron chi connectivity index (χ3n) is 2.56. The van der Waals surface area contributed by atoms with Gasteiger partial charge in [0.1, 0.15) is 11.5 Å². The molecule has 0 saturated heterocycles. The fourth-order valence-corrected chi connectivity index (χ4v) is 1.58. The molecule has 0 unspecified atom stereocenters. The summed E-state index contributed by atoms with van der Waals surface area (Å²) in [5, 5.41) is 9.52. The van der Waals surface area contributed by atoms with Gasteiger partial charge in [-0.2, -0.15) is 0 Å². The van der Waals surface area contributed by atoms with Crippen molar-refractivity contribution in [3.8, 4) is 11.5 Å². The minimum absolute atomic E-state index is 0.262. The number of alkyl halides is 1. The molecule has 0 radical (unpaired) electrons. The summed E-state index contributed by atoms with van der Waals surface area (Å²) in [7, 11) is 0. The van der Waals surface area contributed by atoms with Crippen LogP contribution in [0.2, 0.25) is 0 Å². The first kappa shape index (κ1) is 9.31. The highest BCUT2D eigenvalue weighted by molar-refractivity contribution is 5.48. The van der Waals surface area contributed by atoms with Crippen molar-refractivity contribution in [2.75, 3.05) is 6.86 Å². The van der Waals surface area contributed by atoms with E-state index in [1.54, 1.807) is 19.1 Å².